The van der Waals surface area contributed by atoms with Crippen LogP contribution in [-0.4, -0.2) is 54.8 Å². The van der Waals surface area contributed by atoms with Crippen LogP contribution in [0.1, 0.15) is 11.1 Å². The van der Waals surface area contributed by atoms with Gasteiger partial charge in [-0.05, 0) is 25.1 Å². The second-order valence-corrected chi connectivity index (χ2v) is 5.80. The first-order valence-electron chi connectivity index (χ1n) is 7.27. The summed E-state index contributed by atoms with van der Waals surface area (Å²) in [6.45, 7) is 4.45. The molecule has 5 heteroatoms. The molecule has 1 aliphatic heterocycles. The number of rotatable bonds is 3. The van der Waals surface area contributed by atoms with Gasteiger partial charge in [-0.15, -0.1) is 0 Å². The zero-order valence-corrected chi connectivity index (χ0v) is 12.7. The monoisotopic (exact) mass is 289 g/mol. The molecule has 2 rings (SSSR count). The van der Waals surface area contributed by atoms with Crippen molar-refractivity contribution in [1.29, 1.82) is 0 Å². The van der Waals surface area contributed by atoms with Crippen molar-refractivity contribution in [2.45, 2.75) is 13.3 Å². The Morgan fingerprint density at radius 2 is 1.95 bits per heavy atom. The van der Waals surface area contributed by atoms with Crippen molar-refractivity contribution in [1.82, 2.24) is 9.80 Å². The lowest BCUT2D eigenvalue weighted by atomic mass is 10.0. The minimum atomic E-state index is -0.336. The minimum absolute atomic E-state index is 0.0610. The van der Waals surface area contributed by atoms with Gasteiger partial charge in [0.05, 0.1) is 12.3 Å². The van der Waals surface area contributed by atoms with Crippen molar-refractivity contribution in [3.05, 3.63) is 35.4 Å². The topological polar surface area (TPSA) is 66.6 Å². The largest absolute Gasteiger partial charge is 0.369 e. The van der Waals surface area contributed by atoms with E-state index in [1.54, 1.807) is 4.90 Å². The van der Waals surface area contributed by atoms with Crippen LogP contribution < -0.4 is 5.73 Å². The number of nitrogens with zero attached hydrogens (tertiary/aromatic N) is 2. The third-order valence-corrected chi connectivity index (χ3v) is 4.08. The Morgan fingerprint density at radius 3 is 2.62 bits per heavy atom. The summed E-state index contributed by atoms with van der Waals surface area (Å²) in [5.41, 5.74) is 7.59. The minimum Gasteiger partial charge on any atom is -0.369 e. The van der Waals surface area contributed by atoms with E-state index in [1.807, 2.05) is 38.2 Å². The van der Waals surface area contributed by atoms with Crippen molar-refractivity contribution in [2.75, 3.05) is 33.2 Å². The molecule has 1 aromatic carbocycles. The van der Waals surface area contributed by atoms with Crippen molar-refractivity contribution < 1.29 is 9.59 Å². The maximum absolute atomic E-state index is 12.5. The van der Waals surface area contributed by atoms with Crippen LogP contribution in [0.4, 0.5) is 0 Å². The summed E-state index contributed by atoms with van der Waals surface area (Å²) in [6.07, 6.45) is 0.377. The predicted octanol–water partition coefficient (Wildman–Crippen LogP) is 0.413. The van der Waals surface area contributed by atoms with Crippen molar-refractivity contribution in [3.63, 3.8) is 0 Å². The first-order valence-corrected chi connectivity index (χ1v) is 7.27. The Morgan fingerprint density at radius 1 is 1.24 bits per heavy atom. The molecule has 1 aromatic rings. The summed E-state index contributed by atoms with van der Waals surface area (Å²) in [6, 6.07) is 7.89. The lowest BCUT2D eigenvalue weighted by Gasteiger charge is -2.23. The van der Waals surface area contributed by atoms with E-state index in [0.717, 1.165) is 17.7 Å². The average molecular weight is 289 g/mol. The maximum Gasteiger partial charge on any atom is 0.227 e. The highest BCUT2D eigenvalue weighted by Crippen LogP contribution is 2.13. The molecule has 21 heavy (non-hydrogen) atoms. The molecule has 114 valence electrons. The fourth-order valence-corrected chi connectivity index (χ4v) is 2.66. The second-order valence-electron chi connectivity index (χ2n) is 5.80. The molecule has 0 bridgehead atoms. The number of carbonyl (C=O) groups excluding carboxylic acids is 2. The van der Waals surface area contributed by atoms with E-state index in [-0.39, 0.29) is 17.7 Å². The number of nitrogens with two attached hydrogens (primary N) is 1. The van der Waals surface area contributed by atoms with Crippen LogP contribution in [0.2, 0.25) is 0 Å². The normalized spacial score (nSPS) is 20.1. The summed E-state index contributed by atoms with van der Waals surface area (Å²) in [5, 5.41) is 0. The number of hydrogen-bond donors (Lipinski definition) is 1. The molecule has 1 unspecified atom stereocenters. The van der Waals surface area contributed by atoms with Crippen molar-refractivity contribution >= 4 is 11.8 Å². The Labute approximate surface area is 125 Å². The molecule has 1 saturated heterocycles. The van der Waals surface area contributed by atoms with E-state index >= 15 is 0 Å². The smallest absolute Gasteiger partial charge is 0.227 e. The van der Waals surface area contributed by atoms with Gasteiger partial charge in [-0.2, -0.15) is 0 Å². The number of benzene rings is 1. The Bertz CT molecular complexity index is 530. The molecule has 0 saturated carbocycles. The van der Waals surface area contributed by atoms with E-state index in [0.29, 0.717) is 26.1 Å². The standard InChI is InChI=1S/C16H23N3O2/c1-12-5-3-4-6-13(12)9-15(20)19-8-7-18(2)10-14(11-19)16(17)21/h3-6,14H,7-11H2,1-2H3,(H2,17,21). The van der Waals surface area contributed by atoms with Gasteiger partial charge in [0.25, 0.3) is 0 Å². The first-order chi connectivity index (χ1) is 9.97. The SMILES string of the molecule is Cc1ccccc1CC(=O)N1CCN(C)CC(C(N)=O)C1. The molecule has 0 spiro atoms. The number of amides is 2. The first kappa shape index (κ1) is 15.5. The van der Waals surface area contributed by atoms with E-state index in [9.17, 15) is 9.59 Å². The van der Waals surface area contributed by atoms with Gasteiger partial charge >= 0.3 is 0 Å². The maximum atomic E-state index is 12.5. The van der Waals surface area contributed by atoms with Crippen LogP contribution in [0, 0.1) is 12.8 Å². The molecule has 0 aromatic heterocycles. The quantitative estimate of drug-likeness (QED) is 0.876. The van der Waals surface area contributed by atoms with Crippen LogP contribution in [-0.2, 0) is 16.0 Å². The van der Waals surface area contributed by atoms with Crippen molar-refractivity contribution in [3.8, 4) is 0 Å². The number of likely N-dealkylation sites (N-methyl/N-ethyl adjacent to an activating group) is 1. The fourth-order valence-electron chi connectivity index (χ4n) is 2.66. The summed E-state index contributed by atoms with van der Waals surface area (Å²) < 4.78 is 0. The highest BCUT2D eigenvalue weighted by molar-refractivity contribution is 5.81. The highest BCUT2D eigenvalue weighted by Gasteiger charge is 2.27. The number of hydrogen-bond acceptors (Lipinski definition) is 3. The van der Waals surface area contributed by atoms with Gasteiger partial charge in [0.15, 0.2) is 0 Å². The average Bonchev–Trinajstić information content (AvgIpc) is 2.63. The van der Waals surface area contributed by atoms with Gasteiger partial charge in [0, 0.05) is 26.2 Å². The fraction of sp³-hybridized carbons (Fsp3) is 0.500. The summed E-state index contributed by atoms with van der Waals surface area (Å²) in [7, 11) is 1.95. The number of aryl methyl sites for hydroxylation is 1. The molecule has 1 fully saturated rings. The third-order valence-electron chi connectivity index (χ3n) is 4.08. The highest BCUT2D eigenvalue weighted by atomic mass is 16.2. The molecular formula is C16H23N3O2. The van der Waals surface area contributed by atoms with Crippen LogP contribution in [0.25, 0.3) is 0 Å². The van der Waals surface area contributed by atoms with Crippen LogP contribution in [0.3, 0.4) is 0 Å². The molecule has 0 radical (unpaired) electrons. The molecule has 0 aliphatic carbocycles. The van der Waals surface area contributed by atoms with Gasteiger partial charge in [-0.1, -0.05) is 24.3 Å². The molecule has 1 heterocycles. The molecule has 2 amide bonds. The van der Waals surface area contributed by atoms with E-state index in [4.69, 9.17) is 5.73 Å². The molecule has 5 nitrogen and oxygen atoms in total. The number of primary amides is 1. The van der Waals surface area contributed by atoms with Gasteiger partial charge < -0.3 is 15.5 Å². The second kappa shape index (κ2) is 6.72. The van der Waals surface area contributed by atoms with Crippen LogP contribution >= 0.6 is 0 Å². The third kappa shape index (κ3) is 4.04. The van der Waals surface area contributed by atoms with E-state index in [1.165, 1.54) is 0 Å². The molecule has 2 N–H and O–H groups in total. The van der Waals surface area contributed by atoms with Gasteiger partial charge in [-0.3, -0.25) is 9.59 Å². The van der Waals surface area contributed by atoms with Crippen LogP contribution in [0.5, 0.6) is 0 Å². The zero-order chi connectivity index (χ0) is 15.4. The molecule has 1 atom stereocenters. The Balaban J connectivity index is 2.07. The number of carbonyl (C=O) groups is 2. The zero-order valence-electron chi connectivity index (χ0n) is 12.7. The predicted molar refractivity (Wildman–Crippen MR) is 81.6 cm³/mol. The van der Waals surface area contributed by atoms with Gasteiger partial charge in [0.1, 0.15) is 0 Å². The summed E-state index contributed by atoms with van der Waals surface area (Å²) in [4.78, 5) is 27.8. The van der Waals surface area contributed by atoms with E-state index < -0.39 is 0 Å². The summed E-state index contributed by atoms with van der Waals surface area (Å²) in [5.74, 6) is -0.568. The van der Waals surface area contributed by atoms with Crippen molar-refractivity contribution in [2.24, 2.45) is 11.7 Å². The lowest BCUT2D eigenvalue weighted by molar-refractivity contribution is -0.131. The Kier molecular flexibility index (Phi) is 4.96. The van der Waals surface area contributed by atoms with Crippen LogP contribution in [0.15, 0.2) is 24.3 Å². The van der Waals surface area contributed by atoms with E-state index in [2.05, 4.69) is 4.90 Å². The molecular weight excluding hydrogens is 266 g/mol. The Hall–Kier alpha value is -1.88. The summed E-state index contributed by atoms with van der Waals surface area (Å²) >= 11 is 0. The van der Waals surface area contributed by atoms with Gasteiger partial charge in [0.2, 0.25) is 11.8 Å². The van der Waals surface area contributed by atoms with Gasteiger partial charge in [-0.25, -0.2) is 0 Å². The molecule has 1 aliphatic rings. The lowest BCUT2D eigenvalue weighted by Crippen LogP contribution is -2.41.